The second-order valence-corrected chi connectivity index (χ2v) is 6.04. The quantitative estimate of drug-likeness (QED) is 0.280. The molecule has 3 rings (SSSR count). The molecule has 0 amide bonds. The van der Waals surface area contributed by atoms with Crippen molar-refractivity contribution in [1.29, 1.82) is 0 Å². The van der Waals surface area contributed by atoms with E-state index in [2.05, 4.69) is 15.9 Å². The van der Waals surface area contributed by atoms with Gasteiger partial charge >= 0.3 is 0 Å². The lowest BCUT2D eigenvalue weighted by Crippen LogP contribution is -2.01. The Morgan fingerprint density at radius 3 is 1.84 bits per heavy atom. The second-order valence-electron chi connectivity index (χ2n) is 5.24. The molecule has 0 saturated carbocycles. The van der Waals surface area contributed by atoms with Gasteiger partial charge in [0.05, 0.1) is 10.0 Å². The maximum Gasteiger partial charge on any atom is 0.176 e. The zero-order valence-electron chi connectivity index (χ0n) is 12.7. The maximum atomic E-state index is 14.0. The van der Waals surface area contributed by atoms with Crippen LogP contribution in [-0.2, 0) is 6.61 Å². The fraction of sp³-hybridized carbons (Fsp3) is 0.0526. The highest BCUT2D eigenvalue weighted by Crippen LogP contribution is 2.35. The number of ether oxygens (including phenoxy) is 1. The van der Waals surface area contributed by atoms with Crippen molar-refractivity contribution in [2.75, 3.05) is 0 Å². The third-order valence-electron chi connectivity index (χ3n) is 3.60. The summed E-state index contributed by atoms with van der Waals surface area (Å²) in [5, 5.41) is 0. The van der Waals surface area contributed by atoms with E-state index in [1.807, 2.05) is 30.3 Å². The molecule has 0 atom stereocenters. The van der Waals surface area contributed by atoms with Gasteiger partial charge in [0.25, 0.3) is 0 Å². The van der Waals surface area contributed by atoms with Gasteiger partial charge in [-0.2, -0.15) is 0 Å². The molecule has 0 aliphatic carbocycles. The SMILES string of the molecule is Fc1c(F)c(-c2ccc(OCc3ccccc3)cc2)c(F)c(F)c1Br. The highest BCUT2D eigenvalue weighted by atomic mass is 79.9. The third kappa shape index (κ3) is 3.54. The van der Waals surface area contributed by atoms with Crippen molar-refractivity contribution in [2.45, 2.75) is 6.61 Å². The third-order valence-corrected chi connectivity index (χ3v) is 4.30. The van der Waals surface area contributed by atoms with Crippen LogP contribution in [-0.4, -0.2) is 0 Å². The first-order valence-electron chi connectivity index (χ1n) is 7.27. The molecule has 0 saturated heterocycles. The van der Waals surface area contributed by atoms with Crippen molar-refractivity contribution in [3.05, 3.63) is 87.9 Å². The molecule has 25 heavy (non-hydrogen) atoms. The molecular weight excluding hydrogens is 400 g/mol. The number of halogens is 5. The monoisotopic (exact) mass is 410 g/mol. The standard InChI is InChI=1S/C19H11BrF4O/c20-15-18(23)16(21)14(17(22)19(15)24)12-6-8-13(9-7-12)25-10-11-4-2-1-3-5-11/h1-9H,10H2. The first-order valence-corrected chi connectivity index (χ1v) is 8.07. The van der Waals surface area contributed by atoms with Gasteiger partial charge in [-0.05, 0) is 39.2 Å². The number of hydrogen-bond acceptors (Lipinski definition) is 1. The minimum atomic E-state index is -1.47. The van der Waals surface area contributed by atoms with Crippen molar-refractivity contribution in [1.82, 2.24) is 0 Å². The van der Waals surface area contributed by atoms with Crippen LogP contribution in [0.2, 0.25) is 0 Å². The molecule has 0 heterocycles. The number of rotatable bonds is 4. The Labute approximate surface area is 150 Å². The average Bonchev–Trinajstić information content (AvgIpc) is 2.65. The predicted octanol–water partition coefficient (Wildman–Crippen LogP) is 6.25. The highest BCUT2D eigenvalue weighted by Gasteiger charge is 2.24. The Kier molecular flexibility index (Phi) is 5.08. The molecule has 0 bridgehead atoms. The van der Waals surface area contributed by atoms with Gasteiger partial charge in [-0.25, -0.2) is 17.6 Å². The predicted molar refractivity (Wildman–Crippen MR) is 90.2 cm³/mol. The van der Waals surface area contributed by atoms with Crippen LogP contribution < -0.4 is 4.74 Å². The molecule has 0 N–H and O–H groups in total. The fourth-order valence-electron chi connectivity index (χ4n) is 2.32. The Balaban J connectivity index is 1.86. The van der Waals surface area contributed by atoms with E-state index < -0.39 is 33.3 Å². The Hall–Kier alpha value is -2.34. The van der Waals surface area contributed by atoms with Gasteiger partial charge in [0, 0.05) is 0 Å². The summed E-state index contributed by atoms with van der Waals surface area (Å²) >= 11 is 2.49. The van der Waals surface area contributed by atoms with E-state index >= 15 is 0 Å². The molecule has 0 radical (unpaired) electrons. The van der Waals surface area contributed by atoms with Gasteiger partial charge in [-0.3, -0.25) is 0 Å². The van der Waals surface area contributed by atoms with Crippen LogP contribution >= 0.6 is 15.9 Å². The van der Waals surface area contributed by atoms with Crippen LogP contribution in [0.25, 0.3) is 11.1 Å². The van der Waals surface area contributed by atoms with Crippen LogP contribution in [0.3, 0.4) is 0 Å². The molecule has 3 aromatic carbocycles. The van der Waals surface area contributed by atoms with E-state index in [0.29, 0.717) is 12.4 Å². The van der Waals surface area contributed by atoms with E-state index in [0.717, 1.165) is 5.56 Å². The molecule has 0 spiro atoms. The molecule has 0 unspecified atom stereocenters. The normalized spacial score (nSPS) is 10.8. The van der Waals surface area contributed by atoms with Crippen LogP contribution in [0, 0.1) is 23.3 Å². The second kappa shape index (κ2) is 7.27. The Morgan fingerprint density at radius 1 is 0.720 bits per heavy atom. The van der Waals surface area contributed by atoms with Crippen molar-refractivity contribution in [2.24, 2.45) is 0 Å². The van der Waals surface area contributed by atoms with E-state index in [1.165, 1.54) is 24.3 Å². The molecule has 1 nitrogen and oxygen atoms in total. The van der Waals surface area contributed by atoms with Crippen LogP contribution in [0.1, 0.15) is 5.56 Å². The molecule has 0 fully saturated rings. The van der Waals surface area contributed by atoms with E-state index in [1.54, 1.807) is 0 Å². The van der Waals surface area contributed by atoms with E-state index in [9.17, 15) is 17.6 Å². The van der Waals surface area contributed by atoms with Gasteiger partial charge in [0.15, 0.2) is 23.3 Å². The van der Waals surface area contributed by atoms with Gasteiger partial charge in [-0.15, -0.1) is 0 Å². The summed E-state index contributed by atoms with van der Waals surface area (Å²) in [6.45, 7) is 0.324. The fourth-order valence-corrected chi connectivity index (χ4v) is 2.67. The molecule has 0 aliphatic heterocycles. The van der Waals surface area contributed by atoms with E-state index in [4.69, 9.17) is 4.74 Å². The van der Waals surface area contributed by atoms with Crippen LogP contribution in [0.15, 0.2) is 59.1 Å². The van der Waals surface area contributed by atoms with Gasteiger partial charge in [0.2, 0.25) is 0 Å². The van der Waals surface area contributed by atoms with Crippen LogP contribution in [0.4, 0.5) is 17.6 Å². The molecular formula is C19H11BrF4O. The molecule has 0 aromatic heterocycles. The Morgan fingerprint density at radius 2 is 1.28 bits per heavy atom. The summed E-state index contributed by atoms with van der Waals surface area (Å²) in [6.07, 6.45) is 0. The van der Waals surface area contributed by atoms with Gasteiger partial charge in [-0.1, -0.05) is 42.5 Å². The first kappa shape index (κ1) is 17.5. The number of hydrogen-bond donors (Lipinski definition) is 0. The van der Waals surface area contributed by atoms with Crippen LogP contribution in [0.5, 0.6) is 5.75 Å². The molecule has 3 aromatic rings. The number of benzene rings is 3. The summed E-state index contributed by atoms with van der Waals surface area (Å²) in [7, 11) is 0. The van der Waals surface area contributed by atoms with Gasteiger partial charge in [0.1, 0.15) is 12.4 Å². The van der Waals surface area contributed by atoms with Crippen molar-refractivity contribution >= 4 is 15.9 Å². The summed E-state index contributed by atoms with van der Waals surface area (Å²) < 4.78 is 60.0. The molecule has 128 valence electrons. The molecule has 6 heteroatoms. The maximum absolute atomic E-state index is 14.0. The lowest BCUT2D eigenvalue weighted by molar-refractivity contribution is 0.306. The minimum Gasteiger partial charge on any atom is -0.489 e. The highest BCUT2D eigenvalue weighted by molar-refractivity contribution is 9.10. The first-order chi connectivity index (χ1) is 12.0. The summed E-state index contributed by atoms with van der Waals surface area (Å²) in [6, 6.07) is 15.1. The largest absolute Gasteiger partial charge is 0.489 e. The van der Waals surface area contributed by atoms with Crippen molar-refractivity contribution in [3.8, 4) is 16.9 Å². The average molecular weight is 411 g/mol. The lowest BCUT2D eigenvalue weighted by Gasteiger charge is -2.11. The summed E-state index contributed by atoms with van der Waals surface area (Å²) in [4.78, 5) is 0. The lowest BCUT2D eigenvalue weighted by atomic mass is 10.0. The molecule has 0 aliphatic rings. The zero-order chi connectivity index (χ0) is 18.0. The van der Waals surface area contributed by atoms with Crippen molar-refractivity contribution in [3.63, 3.8) is 0 Å². The Bertz CT molecular complexity index is 867. The topological polar surface area (TPSA) is 9.23 Å². The smallest absolute Gasteiger partial charge is 0.176 e. The van der Waals surface area contributed by atoms with E-state index in [-0.39, 0.29) is 5.56 Å². The minimum absolute atomic E-state index is 0.00682. The summed E-state index contributed by atoms with van der Waals surface area (Å²) in [5.41, 5.74) is 0.209. The van der Waals surface area contributed by atoms with Crippen molar-refractivity contribution < 1.29 is 22.3 Å². The summed E-state index contributed by atoms with van der Waals surface area (Å²) in [5.74, 6) is -5.39. The van der Waals surface area contributed by atoms with Gasteiger partial charge < -0.3 is 4.74 Å². The zero-order valence-corrected chi connectivity index (χ0v) is 14.3.